The van der Waals surface area contributed by atoms with Crippen LogP contribution >= 0.6 is 0 Å². The Morgan fingerprint density at radius 1 is 1.19 bits per heavy atom. The SMILES string of the molecule is CCOC(=O)C1(c2ccc(NC(=O)c3ccc4c(c3)ncn4C)cc2)CC1. The summed E-state index contributed by atoms with van der Waals surface area (Å²) < 4.78 is 7.11. The van der Waals surface area contributed by atoms with Gasteiger partial charge in [-0.15, -0.1) is 0 Å². The first-order valence-electron chi connectivity index (χ1n) is 9.04. The van der Waals surface area contributed by atoms with E-state index >= 15 is 0 Å². The zero-order valence-electron chi connectivity index (χ0n) is 15.4. The molecule has 0 atom stereocenters. The van der Waals surface area contributed by atoms with Crippen LogP contribution in [0.4, 0.5) is 5.69 Å². The molecule has 4 rings (SSSR count). The number of carbonyl (C=O) groups is 2. The van der Waals surface area contributed by atoms with E-state index < -0.39 is 5.41 Å². The fourth-order valence-corrected chi connectivity index (χ4v) is 3.36. The Balaban J connectivity index is 1.49. The second-order valence-electron chi connectivity index (χ2n) is 6.89. The summed E-state index contributed by atoms with van der Waals surface area (Å²) in [5, 5.41) is 2.89. The van der Waals surface area contributed by atoms with Gasteiger partial charge in [0, 0.05) is 18.3 Å². The van der Waals surface area contributed by atoms with Crippen molar-refractivity contribution in [3.8, 4) is 0 Å². The van der Waals surface area contributed by atoms with E-state index in [0.29, 0.717) is 17.9 Å². The zero-order chi connectivity index (χ0) is 19.0. The molecule has 0 unspecified atom stereocenters. The number of benzene rings is 2. The van der Waals surface area contributed by atoms with Gasteiger partial charge in [0.15, 0.2) is 0 Å². The maximum Gasteiger partial charge on any atom is 0.316 e. The summed E-state index contributed by atoms with van der Waals surface area (Å²) in [5.74, 6) is -0.354. The summed E-state index contributed by atoms with van der Waals surface area (Å²) >= 11 is 0. The van der Waals surface area contributed by atoms with E-state index in [1.165, 1.54) is 0 Å². The zero-order valence-corrected chi connectivity index (χ0v) is 15.4. The highest BCUT2D eigenvalue weighted by Crippen LogP contribution is 2.49. The molecule has 1 fully saturated rings. The van der Waals surface area contributed by atoms with E-state index in [-0.39, 0.29) is 11.9 Å². The first-order chi connectivity index (χ1) is 13.0. The summed E-state index contributed by atoms with van der Waals surface area (Å²) in [7, 11) is 1.92. The third kappa shape index (κ3) is 3.07. The van der Waals surface area contributed by atoms with Gasteiger partial charge in [-0.25, -0.2) is 4.98 Å². The molecule has 0 aliphatic heterocycles. The Bertz CT molecular complexity index is 1020. The average molecular weight is 363 g/mol. The standard InChI is InChI=1S/C21H21N3O3/c1-3-27-20(26)21(10-11-21)15-5-7-16(8-6-15)23-19(25)14-4-9-18-17(12-14)22-13-24(18)2/h4-9,12-13H,3,10-11H2,1-2H3,(H,23,25). The monoisotopic (exact) mass is 363 g/mol. The Kier molecular flexibility index (Phi) is 4.18. The number of rotatable bonds is 5. The molecule has 138 valence electrons. The smallest absolute Gasteiger partial charge is 0.316 e. The minimum atomic E-state index is -0.497. The van der Waals surface area contributed by atoms with Gasteiger partial charge < -0.3 is 14.6 Å². The van der Waals surface area contributed by atoms with Crippen LogP contribution in [0.25, 0.3) is 11.0 Å². The van der Waals surface area contributed by atoms with Crippen LogP contribution in [0.15, 0.2) is 48.8 Å². The topological polar surface area (TPSA) is 73.2 Å². The first kappa shape index (κ1) is 17.3. The molecule has 0 radical (unpaired) electrons. The molecular weight excluding hydrogens is 342 g/mol. The molecule has 3 aromatic rings. The number of hydrogen-bond acceptors (Lipinski definition) is 4. The van der Waals surface area contributed by atoms with Crippen LogP contribution in [-0.4, -0.2) is 28.0 Å². The molecule has 1 aliphatic carbocycles. The van der Waals surface area contributed by atoms with Gasteiger partial charge in [-0.1, -0.05) is 12.1 Å². The molecule has 1 amide bonds. The normalized spacial score (nSPS) is 14.7. The number of aromatic nitrogens is 2. The van der Waals surface area contributed by atoms with Gasteiger partial charge in [0.1, 0.15) is 0 Å². The Labute approximate surface area is 157 Å². The van der Waals surface area contributed by atoms with Gasteiger partial charge in [-0.05, 0) is 55.7 Å². The minimum Gasteiger partial charge on any atom is -0.465 e. The summed E-state index contributed by atoms with van der Waals surface area (Å²) in [5.41, 5.74) is 3.44. The minimum absolute atomic E-state index is 0.162. The second-order valence-corrected chi connectivity index (χ2v) is 6.89. The Hall–Kier alpha value is -3.15. The molecule has 1 aliphatic rings. The lowest BCUT2D eigenvalue weighted by molar-refractivity contribution is -0.146. The van der Waals surface area contributed by atoms with Gasteiger partial charge in [0.25, 0.3) is 5.91 Å². The van der Waals surface area contributed by atoms with Gasteiger partial charge >= 0.3 is 5.97 Å². The molecule has 0 bridgehead atoms. The lowest BCUT2D eigenvalue weighted by Crippen LogP contribution is -2.23. The summed E-state index contributed by atoms with van der Waals surface area (Å²) in [6.45, 7) is 2.20. The molecule has 1 aromatic heterocycles. The number of anilines is 1. The molecule has 0 saturated heterocycles. The van der Waals surface area contributed by atoms with Crippen LogP contribution in [0.3, 0.4) is 0 Å². The van der Waals surface area contributed by atoms with Crippen molar-refractivity contribution in [2.75, 3.05) is 11.9 Å². The van der Waals surface area contributed by atoms with Crippen LogP contribution in [0.5, 0.6) is 0 Å². The lowest BCUT2D eigenvalue weighted by Gasteiger charge is -2.15. The predicted molar refractivity (Wildman–Crippen MR) is 103 cm³/mol. The number of fused-ring (bicyclic) bond motifs is 1. The van der Waals surface area contributed by atoms with Crippen LogP contribution in [0.1, 0.15) is 35.7 Å². The van der Waals surface area contributed by atoms with Crippen molar-refractivity contribution < 1.29 is 14.3 Å². The van der Waals surface area contributed by atoms with E-state index in [9.17, 15) is 9.59 Å². The van der Waals surface area contributed by atoms with E-state index in [1.54, 1.807) is 18.5 Å². The number of imidazole rings is 1. The second kappa shape index (κ2) is 6.54. The van der Waals surface area contributed by atoms with E-state index in [2.05, 4.69) is 10.3 Å². The van der Waals surface area contributed by atoms with E-state index in [0.717, 1.165) is 29.4 Å². The number of nitrogens with one attached hydrogen (secondary N) is 1. The molecule has 27 heavy (non-hydrogen) atoms. The number of hydrogen-bond donors (Lipinski definition) is 1. The highest BCUT2D eigenvalue weighted by Gasteiger charge is 2.52. The third-order valence-electron chi connectivity index (χ3n) is 5.10. The number of ether oxygens (including phenoxy) is 1. The van der Waals surface area contributed by atoms with Gasteiger partial charge in [-0.2, -0.15) is 0 Å². The molecule has 1 saturated carbocycles. The Morgan fingerprint density at radius 3 is 2.59 bits per heavy atom. The number of nitrogens with zero attached hydrogens (tertiary/aromatic N) is 2. The number of aryl methyl sites for hydroxylation is 1. The molecule has 1 N–H and O–H groups in total. The van der Waals surface area contributed by atoms with E-state index in [1.807, 2.05) is 48.9 Å². The van der Waals surface area contributed by atoms with Crippen molar-refractivity contribution in [2.24, 2.45) is 7.05 Å². The summed E-state index contributed by atoms with van der Waals surface area (Å²) in [6.07, 6.45) is 3.34. The Morgan fingerprint density at radius 2 is 1.93 bits per heavy atom. The molecule has 0 spiro atoms. The van der Waals surface area contributed by atoms with Crippen LogP contribution in [-0.2, 0) is 22.0 Å². The van der Waals surface area contributed by atoms with Gasteiger partial charge in [0.2, 0.25) is 0 Å². The van der Waals surface area contributed by atoms with Crippen molar-refractivity contribution in [3.63, 3.8) is 0 Å². The average Bonchev–Trinajstić information content (AvgIpc) is 3.41. The van der Waals surface area contributed by atoms with Crippen LogP contribution in [0, 0.1) is 0 Å². The van der Waals surface area contributed by atoms with Crippen molar-refractivity contribution in [1.29, 1.82) is 0 Å². The van der Waals surface area contributed by atoms with Crippen LogP contribution in [0.2, 0.25) is 0 Å². The van der Waals surface area contributed by atoms with Crippen LogP contribution < -0.4 is 5.32 Å². The molecular formula is C21H21N3O3. The molecule has 1 heterocycles. The molecule has 2 aromatic carbocycles. The van der Waals surface area contributed by atoms with Crippen molar-refractivity contribution in [3.05, 3.63) is 59.9 Å². The van der Waals surface area contributed by atoms with Gasteiger partial charge in [0.05, 0.1) is 29.4 Å². The quantitative estimate of drug-likeness (QED) is 0.705. The highest BCUT2D eigenvalue weighted by molar-refractivity contribution is 6.06. The highest BCUT2D eigenvalue weighted by atomic mass is 16.5. The fourth-order valence-electron chi connectivity index (χ4n) is 3.36. The molecule has 6 heteroatoms. The summed E-state index contributed by atoms with van der Waals surface area (Å²) in [6, 6.07) is 12.9. The fraction of sp³-hybridized carbons (Fsp3) is 0.286. The van der Waals surface area contributed by atoms with Crippen molar-refractivity contribution in [2.45, 2.75) is 25.2 Å². The van der Waals surface area contributed by atoms with E-state index in [4.69, 9.17) is 4.74 Å². The lowest BCUT2D eigenvalue weighted by atomic mass is 9.96. The largest absolute Gasteiger partial charge is 0.465 e. The number of esters is 1. The first-order valence-corrected chi connectivity index (χ1v) is 9.04. The predicted octanol–water partition coefficient (Wildman–Crippen LogP) is 3.42. The summed E-state index contributed by atoms with van der Waals surface area (Å²) in [4.78, 5) is 29.0. The number of amides is 1. The third-order valence-corrected chi connectivity index (χ3v) is 5.10. The van der Waals surface area contributed by atoms with Gasteiger partial charge in [-0.3, -0.25) is 9.59 Å². The molecule has 6 nitrogen and oxygen atoms in total. The van der Waals surface area contributed by atoms with Crippen molar-refractivity contribution >= 4 is 28.6 Å². The van der Waals surface area contributed by atoms with Crippen molar-refractivity contribution in [1.82, 2.24) is 9.55 Å². The maximum atomic E-state index is 12.5. The number of carbonyl (C=O) groups excluding carboxylic acids is 2. The maximum absolute atomic E-state index is 12.5.